The highest BCUT2D eigenvalue weighted by atomic mass is 19.1. The third kappa shape index (κ3) is 4.45. The van der Waals surface area contributed by atoms with Crippen LogP contribution in [-0.2, 0) is 9.47 Å². The van der Waals surface area contributed by atoms with Gasteiger partial charge in [0.05, 0.1) is 18.2 Å². The molecule has 1 aliphatic rings. The van der Waals surface area contributed by atoms with Gasteiger partial charge in [-0.3, -0.25) is 4.90 Å². The van der Waals surface area contributed by atoms with Crippen molar-refractivity contribution in [3.05, 3.63) is 29.6 Å². The molecular formula is C19H27FN2O4. The Morgan fingerprint density at radius 2 is 1.85 bits per heavy atom. The fraction of sp³-hybridized carbons (Fsp3) is 0.579. The number of benzene rings is 1. The van der Waals surface area contributed by atoms with Gasteiger partial charge in [0.15, 0.2) is 0 Å². The third-order valence-electron chi connectivity index (χ3n) is 4.24. The van der Waals surface area contributed by atoms with Crippen LogP contribution in [-0.4, -0.2) is 54.8 Å². The highest BCUT2D eigenvalue weighted by molar-refractivity contribution is 5.90. The predicted molar refractivity (Wildman–Crippen MR) is 97.0 cm³/mol. The molecule has 1 amide bonds. The van der Waals surface area contributed by atoms with Gasteiger partial charge in [0.1, 0.15) is 11.4 Å². The zero-order valence-electron chi connectivity index (χ0n) is 16.3. The van der Waals surface area contributed by atoms with E-state index in [0.717, 1.165) is 0 Å². The van der Waals surface area contributed by atoms with Crippen LogP contribution in [0, 0.1) is 5.82 Å². The lowest BCUT2D eigenvalue weighted by Gasteiger charge is -2.47. The standard InChI is InChI=1S/C19H27FN2O4/c1-18(2,3)26-17(24)22-10-9-21(12-19(22,4)5)13-7-8-14(15(20)11-13)16(23)25-6/h7-8,11H,9-10,12H2,1-6H3. The van der Waals surface area contributed by atoms with Crippen molar-refractivity contribution in [3.63, 3.8) is 0 Å². The minimum absolute atomic E-state index is 0.0945. The molecule has 6 nitrogen and oxygen atoms in total. The SMILES string of the molecule is COC(=O)c1ccc(N2CCN(C(=O)OC(C)(C)C)C(C)(C)C2)cc1F. The number of rotatable bonds is 2. The number of hydrogen-bond acceptors (Lipinski definition) is 5. The zero-order chi connectivity index (χ0) is 19.7. The number of carbonyl (C=O) groups excluding carboxylic acids is 2. The van der Waals surface area contributed by atoms with Gasteiger partial charge in [0.25, 0.3) is 0 Å². The van der Waals surface area contributed by atoms with Gasteiger partial charge >= 0.3 is 12.1 Å². The summed E-state index contributed by atoms with van der Waals surface area (Å²) in [5.41, 5.74) is -0.482. The van der Waals surface area contributed by atoms with Crippen molar-refractivity contribution < 1.29 is 23.5 Å². The number of nitrogens with zero attached hydrogens (tertiary/aromatic N) is 2. The molecule has 0 atom stereocenters. The Balaban J connectivity index is 2.15. The van der Waals surface area contributed by atoms with E-state index >= 15 is 0 Å². The molecule has 0 bridgehead atoms. The number of hydrogen-bond donors (Lipinski definition) is 0. The van der Waals surface area contributed by atoms with Crippen LogP contribution >= 0.6 is 0 Å². The van der Waals surface area contributed by atoms with Crippen molar-refractivity contribution in [2.45, 2.75) is 45.8 Å². The first kappa shape index (κ1) is 20.0. The smallest absolute Gasteiger partial charge is 0.410 e. The Bertz CT molecular complexity index is 697. The molecule has 0 spiro atoms. The number of piperazine rings is 1. The number of halogens is 1. The van der Waals surface area contributed by atoms with E-state index in [1.54, 1.807) is 11.0 Å². The van der Waals surface area contributed by atoms with Crippen molar-refractivity contribution in [3.8, 4) is 0 Å². The number of amides is 1. The molecule has 1 aliphatic heterocycles. The number of carbonyl (C=O) groups is 2. The van der Waals surface area contributed by atoms with Gasteiger partial charge in [-0.05, 0) is 52.8 Å². The van der Waals surface area contributed by atoms with Crippen molar-refractivity contribution in [2.24, 2.45) is 0 Å². The third-order valence-corrected chi connectivity index (χ3v) is 4.24. The van der Waals surface area contributed by atoms with E-state index in [2.05, 4.69) is 4.74 Å². The Morgan fingerprint density at radius 3 is 2.35 bits per heavy atom. The molecular weight excluding hydrogens is 339 g/mol. The predicted octanol–water partition coefficient (Wildman–Crippen LogP) is 3.45. The molecule has 2 rings (SSSR count). The molecule has 26 heavy (non-hydrogen) atoms. The topological polar surface area (TPSA) is 59.1 Å². The molecule has 1 heterocycles. The molecule has 1 saturated heterocycles. The van der Waals surface area contributed by atoms with E-state index in [1.165, 1.54) is 19.2 Å². The highest BCUT2D eigenvalue weighted by Crippen LogP contribution is 2.28. The zero-order valence-corrected chi connectivity index (χ0v) is 16.3. The van der Waals surface area contributed by atoms with E-state index in [0.29, 0.717) is 25.3 Å². The Morgan fingerprint density at radius 1 is 1.19 bits per heavy atom. The molecule has 0 aliphatic carbocycles. The number of esters is 1. The monoisotopic (exact) mass is 366 g/mol. The summed E-state index contributed by atoms with van der Waals surface area (Å²) in [5.74, 6) is -1.33. The Hall–Kier alpha value is -2.31. The summed E-state index contributed by atoms with van der Waals surface area (Å²) in [6.45, 7) is 10.9. The number of methoxy groups -OCH3 is 1. The minimum Gasteiger partial charge on any atom is -0.465 e. The van der Waals surface area contributed by atoms with Crippen LogP contribution in [0.15, 0.2) is 18.2 Å². The average molecular weight is 366 g/mol. The van der Waals surface area contributed by atoms with Gasteiger partial charge in [-0.2, -0.15) is 0 Å². The van der Waals surface area contributed by atoms with Crippen LogP contribution in [0.5, 0.6) is 0 Å². The van der Waals surface area contributed by atoms with Crippen LogP contribution in [0.3, 0.4) is 0 Å². The van der Waals surface area contributed by atoms with Crippen molar-refractivity contribution in [2.75, 3.05) is 31.6 Å². The van der Waals surface area contributed by atoms with Gasteiger partial charge in [-0.25, -0.2) is 14.0 Å². The van der Waals surface area contributed by atoms with Crippen LogP contribution < -0.4 is 4.90 Å². The van der Waals surface area contributed by atoms with Gasteiger partial charge in [-0.15, -0.1) is 0 Å². The van der Waals surface area contributed by atoms with Gasteiger partial charge in [0, 0.05) is 25.3 Å². The molecule has 7 heteroatoms. The fourth-order valence-corrected chi connectivity index (χ4v) is 3.01. The largest absolute Gasteiger partial charge is 0.465 e. The molecule has 1 fully saturated rings. The van der Waals surface area contributed by atoms with Crippen LogP contribution in [0.1, 0.15) is 45.0 Å². The Kier molecular flexibility index (Phi) is 5.49. The summed E-state index contributed by atoms with van der Waals surface area (Å²) in [6.07, 6.45) is -0.352. The maximum atomic E-state index is 14.2. The molecule has 0 aromatic heterocycles. The normalized spacial score (nSPS) is 17.0. The van der Waals surface area contributed by atoms with Gasteiger partial charge in [0.2, 0.25) is 0 Å². The second-order valence-corrected chi connectivity index (χ2v) is 8.02. The summed E-state index contributed by atoms with van der Waals surface area (Å²) >= 11 is 0. The summed E-state index contributed by atoms with van der Waals surface area (Å²) in [4.78, 5) is 27.7. The van der Waals surface area contributed by atoms with Crippen molar-refractivity contribution in [1.82, 2.24) is 4.90 Å². The molecule has 144 valence electrons. The lowest BCUT2D eigenvalue weighted by molar-refractivity contribution is 0.000345. The van der Waals surface area contributed by atoms with Gasteiger partial charge < -0.3 is 14.4 Å². The van der Waals surface area contributed by atoms with E-state index in [4.69, 9.17) is 4.74 Å². The van der Waals surface area contributed by atoms with Gasteiger partial charge in [-0.1, -0.05) is 0 Å². The summed E-state index contributed by atoms with van der Waals surface area (Å²) < 4.78 is 24.3. The van der Waals surface area contributed by atoms with E-state index in [9.17, 15) is 14.0 Å². The average Bonchev–Trinajstić information content (AvgIpc) is 2.51. The highest BCUT2D eigenvalue weighted by Gasteiger charge is 2.39. The molecule has 0 radical (unpaired) electrons. The Labute approximate surface area is 153 Å². The lowest BCUT2D eigenvalue weighted by atomic mass is 9.98. The van der Waals surface area contributed by atoms with Crippen molar-refractivity contribution in [1.29, 1.82) is 0 Å². The van der Waals surface area contributed by atoms with E-state index < -0.39 is 22.9 Å². The summed E-state index contributed by atoms with van der Waals surface area (Å²) in [6, 6.07) is 4.43. The maximum absolute atomic E-state index is 14.2. The minimum atomic E-state index is -0.705. The molecule has 0 unspecified atom stereocenters. The molecule has 0 N–H and O–H groups in total. The maximum Gasteiger partial charge on any atom is 0.410 e. The molecule has 1 aromatic rings. The second-order valence-electron chi connectivity index (χ2n) is 8.02. The fourth-order valence-electron chi connectivity index (χ4n) is 3.01. The second kappa shape index (κ2) is 7.13. The summed E-state index contributed by atoms with van der Waals surface area (Å²) in [5, 5.41) is 0. The number of anilines is 1. The molecule has 1 aromatic carbocycles. The lowest BCUT2D eigenvalue weighted by Crippen LogP contribution is -2.61. The van der Waals surface area contributed by atoms with Crippen LogP contribution in [0.4, 0.5) is 14.9 Å². The quantitative estimate of drug-likeness (QED) is 0.751. The van der Waals surface area contributed by atoms with Crippen molar-refractivity contribution >= 4 is 17.7 Å². The first-order valence-corrected chi connectivity index (χ1v) is 8.58. The summed E-state index contributed by atoms with van der Waals surface area (Å²) in [7, 11) is 1.22. The first-order valence-electron chi connectivity index (χ1n) is 8.58. The van der Waals surface area contributed by atoms with Crippen LogP contribution in [0.25, 0.3) is 0 Å². The van der Waals surface area contributed by atoms with E-state index in [1.807, 2.05) is 39.5 Å². The van der Waals surface area contributed by atoms with Crippen LogP contribution in [0.2, 0.25) is 0 Å². The first-order chi connectivity index (χ1) is 11.9. The van der Waals surface area contributed by atoms with E-state index in [-0.39, 0.29) is 11.7 Å². The number of ether oxygens (including phenoxy) is 2. The molecule has 0 saturated carbocycles.